The van der Waals surface area contributed by atoms with Crippen molar-refractivity contribution in [3.8, 4) is 5.75 Å². The highest BCUT2D eigenvalue weighted by atomic mass is 32.2. The standard InChI is InChI=1S/C17H20N4O5S/c1-10-4-5-13(6-11(10)2)19-21-15-7-16(23)14(20-18-9-12(3)22)8-17(15)27(24,25)26/h4-8,12,22-23H,9H2,1-3H3,(H,24,25,26). The van der Waals surface area contributed by atoms with Gasteiger partial charge in [0.25, 0.3) is 10.1 Å². The maximum absolute atomic E-state index is 11.7. The van der Waals surface area contributed by atoms with Crippen molar-refractivity contribution < 1.29 is 23.2 Å². The number of benzene rings is 2. The van der Waals surface area contributed by atoms with E-state index in [9.17, 15) is 18.1 Å². The molecule has 3 N–H and O–H groups in total. The van der Waals surface area contributed by atoms with Crippen LogP contribution in [0.2, 0.25) is 0 Å². The average Bonchev–Trinajstić information content (AvgIpc) is 2.56. The Morgan fingerprint density at radius 2 is 1.70 bits per heavy atom. The number of phenolic OH excluding ortho intramolecular Hbond substituents is 1. The Hall–Kier alpha value is -2.69. The number of phenols is 1. The number of aryl methyl sites for hydroxylation is 2. The lowest BCUT2D eigenvalue weighted by Crippen LogP contribution is -2.02. The predicted octanol–water partition coefficient (Wildman–Crippen LogP) is 4.14. The van der Waals surface area contributed by atoms with Gasteiger partial charge in [0.2, 0.25) is 0 Å². The summed E-state index contributed by atoms with van der Waals surface area (Å²) in [5, 5.41) is 34.3. The van der Waals surface area contributed by atoms with Crippen LogP contribution in [0.15, 0.2) is 55.7 Å². The van der Waals surface area contributed by atoms with Gasteiger partial charge < -0.3 is 10.2 Å². The fourth-order valence-corrected chi connectivity index (χ4v) is 2.67. The average molecular weight is 392 g/mol. The van der Waals surface area contributed by atoms with Crippen molar-refractivity contribution in [2.45, 2.75) is 31.8 Å². The van der Waals surface area contributed by atoms with Crippen LogP contribution in [0.3, 0.4) is 0 Å². The minimum Gasteiger partial charge on any atom is -0.506 e. The van der Waals surface area contributed by atoms with E-state index in [2.05, 4.69) is 20.5 Å². The summed E-state index contributed by atoms with van der Waals surface area (Å²) in [7, 11) is -4.65. The van der Waals surface area contributed by atoms with Crippen molar-refractivity contribution in [3.05, 3.63) is 41.5 Å². The van der Waals surface area contributed by atoms with Crippen LogP contribution in [0.25, 0.3) is 0 Å². The lowest BCUT2D eigenvalue weighted by atomic mass is 10.1. The van der Waals surface area contributed by atoms with E-state index in [1.165, 1.54) is 6.92 Å². The summed E-state index contributed by atoms with van der Waals surface area (Å²) in [6, 6.07) is 7.27. The molecule has 0 heterocycles. The lowest BCUT2D eigenvalue weighted by Gasteiger charge is -2.06. The molecule has 0 aliphatic rings. The Labute approximate surface area is 156 Å². The third-order valence-electron chi connectivity index (χ3n) is 3.62. The molecule has 1 unspecified atom stereocenters. The van der Waals surface area contributed by atoms with E-state index in [-0.39, 0.29) is 17.9 Å². The summed E-state index contributed by atoms with van der Waals surface area (Å²) in [5.41, 5.74) is 2.10. The monoisotopic (exact) mass is 392 g/mol. The number of aromatic hydroxyl groups is 1. The van der Waals surface area contributed by atoms with E-state index >= 15 is 0 Å². The third kappa shape index (κ3) is 5.64. The zero-order chi connectivity index (χ0) is 20.2. The number of azo groups is 2. The first-order valence-electron chi connectivity index (χ1n) is 7.97. The quantitative estimate of drug-likeness (QED) is 0.500. The van der Waals surface area contributed by atoms with Crippen LogP contribution in [-0.4, -0.2) is 35.8 Å². The van der Waals surface area contributed by atoms with Crippen molar-refractivity contribution in [1.29, 1.82) is 0 Å². The largest absolute Gasteiger partial charge is 0.506 e. The number of hydrogen-bond acceptors (Lipinski definition) is 8. The molecule has 0 amide bonds. The van der Waals surface area contributed by atoms with Gasteiger partial charge >= 0.3 is 0 Å². The minimum absolute atomic E-state index is 0.0329. The molecule has 0 bridgehead atoms. The van der Waals surface area contributed by atoms with Crippen LogP contribution in [-0.2, 0) is 10.1 Å². The van der Waals surface area contributed by atoms with Gasteiger partial charge in [0.1, 0.15) is 22.0 Å². The highest BCUT2D eigenvalue weighted by molar-refractivity contribution is 7.86. The van der Waals surface area contributed by atoms with E-state index in [4.69, 9.17) is 5.11 Å². The SMILES string of the molecule is Cc1ccc(N=Nc2cc(O)c(N=NCC(C)O)cc2S(=O)(=O)O)cc1C. The van der Waals surface area contributed by atoms with Crippen molar-refractivity contribution in [3.63, 3.8) is 0 Å². The molecule has 9 nitrogen and oxygen atoms in total. The smallest absolute Gasteiger partial charge is 0.296 e. The molecule has 2 aromatic carbocycles. The van der Waals surface area contributed by atoms with Crippen LogP contribution in [0.4, 0.5) is 17.1 Å². The number of nitrogens with zero attached hydrogens (tertiary/aromatic N) is 4. The molecule has 1 atom stereocenters. The number of aliphatic hydroxyl groups is 1. The van der Waals surface area contributed by atoms with E-state index in [1.54, 1.807) is 12.1 Å². The van der Waals surface area contributed by atoms with Crippen molar-refractivity contribution in [2.24, 2.45) is 20.5 Å². The summed E-state index contributed by atoms with van der Waals surface area (Å²) >= 11 is 0. The Morgan fingerprint density at radius 1 is 1.00 bits per heavy atom. The van der Waals surface area contributed by atoms with Gasteiger partial charge in [-0.3, -0.25) is 4.55 Å². The molecule has 0 fully saturated rings. The first kappa shape index (κ1) is 20.6. The van der Waals surface area contributed by atoms with Gasteiger partial charge in [0, 0.05) is 6.07 Å². The second-order valence-electron chi connectivity index (χ2n) is 6.03. The summed E-state index contributed by atoms with van der Waals surface area (Å²) < 4.78 is 32.8. The van der Waals surface area contributed by atoms with Crippen molar-refractivity contribution in [1.82, 2.24) is 0 Å². The van der Waals surface area contributed by atoms with Gasteiger partial charge in [-0.1, -0.05) is 6.07 Å². The molecule has 0 radical (unpaired) electrons. The first-order chi connectivity index (χ1) is 12.6. The fraction of sp³-hybridized carbons (Fsp3) is 0.294. The van der Waals surface area contributed by atoms with Crippen LogP contribution >= 0.6 is 0 Å². The lowest BCUT2D eigenvalue weighted by molar-refractivity contribution is 0.202. The molecule has 10 heteroatoms. The molecule has 0 saturated heterocycles. The Bertz CT molecular complexity index is 1000. The summed E-state index contributed by atoms with van der Waals surface area (Å²) in [6.45, 7) is 5.31. The minimum atomic E-state index is -4.65. The molecule has 144 valence electrons. The summed E-state index contributed by atoms with van der Waals surface area (Å²) in [4.78, 5) is -0.570. The Balaban J connectivity index is 2.46. The van der Waals surface area contributed by atoms with Gasteiger partial charge in [-0.05, 0) is 50.1 Å². The summed E-state index contributed by atoms with van der Waals surface area (Å²) in [5.74, 6) is -0.397. The Kier molecular flexibility index (Phi) is 6.37. The van der Waals surface area contributed by atoms with Gasteiger partial charge in [-0.25, -0.2) is 0 Å². The number of hydrogen-bond donors (Lipinski definition) is 3. The third-order valence-corrected chi connectivity index (χ3v) is 4.50. The van der Waals surface area contributed by atoms with Gasteiger partial charge in [-0.2, -0.15) is 23.8 Å². The zero-order valence-corrected chi connectivity index (χ0v) is 15.8. The maximum atomic E-state index is 11.7. The maximum Gasteiger partial charge on any atom is 0.296 e. The van der Waals surface area contributed by atoms with Crippen molar-refractivity contribution >= 4 is 27.2 Å². The van der Waals surface area contributed by atoms with E-state index in [1.807, 2.05) is 19.9 Å². The highest BCUT2D eigenvalue weighted by Crippen LogP contribution is 2.37. The van der Waals surface area contributed by atoms with Crippen LogP contribution < -0.4 is 0 Å². The normalized spacial score (nSPS) is 13.5. The second kappa shape index (κ2) is 8.33. The van der Waals surface area contributed by atoms with Gasteiger partial charge in [0.05, 0.1) is 18.3 Å². The van der Waals surface area contributed by atoms with Crippen LogP contribution in [0, 0.1) is 13.8 Å². The molecule has 0 aliphatic carbocycles. The molecule has 2 rings (SSSR count). The van der Waals surface area contributed by atoms with E-state index in [0.29, 0.717) is 5.69 Å². The topological polar surface area (TPSA) is 144 Å². The van der Waals surface area contributed by atoms with E-state index in [0.717, 1.165) is 23.3 Å². The van der Waals surface area contributed by atoms with Gasteiger partial charge in [-0.15, -0.1) is 5.11 Å². The molecule has 0 aromatic heterocycles. The molecule has 2 aromatic rings. The fourth-order valence-electron chi connectivity index (χ4n) is 2.05. The number of aliphatic hydroxyl groups excluding tert-OH is 1. The second-order valence-corrected chi connectivity index (χ2v) is 7.42. The molecular formula is C17H20N4O5S. The molecule has 0 saturated carbocycles. The van der Waals surface area contributed by atoms with E-state index < -0.39 is 26.9 Å². The van der Waals surface area contributed by atoms with Gasteiger partial charge in [0.15, 0.2) is 0 Å². The van der Waals surface area contributed by atoms with Crippen molar-refractivity contribution in [2.75, 3.05) is 6.54 Å². The molecule has 0 spiro atoms. The first-order valence-corrected chi connectivity index (χ1v) is 9.41. The molecule has 27 heavy (non-hydrogen) atoms. The van der Waals surface area contributed by atoms with Crippen LogP contribution in [0.1, 0.15) is 18.1 Å². The van der Waals surface area contributed by atoms with Crippen LogP contribution in [0.5, 0.6) is 5.75 Å². The molecular weight excluding hydrogens is 372 g/mol. The highest BCUT2D eigenvalue weighted by Gasteiger charge is 2.19. The molecule has 0 aliphatic heterocycles. The summed E-state index contributed by atoms with van der Waals surface area (Å²) in [6.07, 6.45) is -0.747. The predicted molar refractivity (Wildman–Crippen MR) is 99.1 cm³/mol. The zero-order valence-electron chi connectivity index (χ0n) is 15.0. The number of rotatable bonds is 6. The Morgan fingerprint density at radius 3 is 2.30 bits per heavy atom.